The Hall–Kier alpha value is -10.8. The van der Waals surface area contributed by atoms with E-state index in [1.165, 1.54) is 0 Å². The van der Waals surface area contributed by atoms with E-state index in [2.05, 4.69) is 121 Å². The number of hydrogen-bond donors (Lipinski definition) is 0. The first-order valence-electron chi connectivity index (χ1n) is 23.1. The quantitative estimate of drug-likeness (QED) is 0.149. The van der Waals surface area contributed by atoms with Crippen LogP contribution in [0.2, 0.25) is 0 Å². The molecule has 0 unspecified atom stereocenters. The summed E-state index contributed by atoms with van der Waals surface area (Å²) in [5, 5.41) is 32.8. The second-order valence-electron chi connectivity index (χ2n) is 17.5. The molecular weight excluding hydrogens is 881 g/mol. The number of benzene rings is 9. The van der Waals surface area contributed by atoms with E-state index >= 15 is 0 Å². The van der Waals surface area contributed by atoms with Gasteiger partial charge in [0.05, 0.1) is 81.5 Å². The standard InChI is InChI=1S/C64H34N8/c1-68-52-21-15-46(16-22-52)51-20-26-62-57(34-51)56-33-50(45-13-7-42(39-67)8-14-45)19-25-61(56)72(62)64-36-58(69-2)53(47-27-29-70-30-28-47)35-63(64)71-59-23-17-48(43-9-3-40(37-65)4-10-43)31-54(59)55-32-49(18-24-60(55)71)44-11-5-41(38-66)6-12-44/h3-36H. The molecule has 0 amide bonds. The van der Waals surface area contributed by atoms with Crippen molar-refractivity contribution in [2.24, 2.45) is 0 Å². The van der Waals surface area contributed by atoms with Gasteiger partial charge in [-0.3, -0.25) is 4.98 Å². The maximum atomic E-state index is 9.60. The predicted molar refractivity (Wildman–Crippen MR) is 287 cm³/mol. The smallest absolute Gasteiger partial charge is 0.197 e. The van der Waals surface area contributed by atoms with Gasteiger partial charge in [-0.05, 0) is 165 Å². The highest BCUT2D eigenvalue weighted by Crippen LogP contribution is 2.45. The minimum atomic E-state index is 0.479. The Bertz CT molecular complexity index is 4160. The average Bonchev–Trinajstić information content (AvgIpc) is 3.96. The molecule has 0 N–H and O–H groups in total. The number of hydrogen-bond acceptors (Lipinski definition) is 4. The van der Waals surface area contributed by atoms with Crippen LogP contribution in [0, 0.1) is 47.1 Å². The van der Waals surface area contributed by atoms with Gasteiger partial charge in [0.2, 0.25) is 0 Å². The molecule has 8 nitrogen and oxygen atoms in total. The molecule has 0 aliphatic carbocycles. The Morgan fingerprint density at radius 2 is 0.681 bits per heavy atom. The molecule has 0 spiro atoms. The zero-order valence-electron chi connectivity index (χ0n) is 38.2. The number of aromatic nitrogens is 3. The summed E-state index contributed by atoms with van der Waals surface area (Å²) in [6.45, 7) is 16.2. The fourth-order valence-electron chi connectivity index (χ4n) is 10.0. The molecule has 8 heteroatoms. The summed E-state index contributed by atoms with van der Waals surface area (Å²) < 4.78 is 4.58. The molecular formula is C64H34N8. The number of nitrogens with zero attached hydrogens (tertiary/aromatic N) is 8. The summed E-state index contributed by atoms with van der Waals surface area (Å²) in [6, 6.07) is 71.2. The Morgan fingerprint density at radius 1 is 0.347 bits per heavy atom. The first kappa shape index (κ1) is 42.5. The van der Waals surface area contributed by atoms with Gasteiger partial charge in [0.25, 0.3) is 0 Å². The number of pyridine rings is 1. The van der Waals surface area contributed by atoms with Crippen LogP contribution in [-0.2, 0) is 0 Å². The monoisotopic (exact) mass is 914 g/mol. The van der Waals surface area contributed by atoms with Gasteiger partial charge >= 0.3 is 0 Å². The highest BCUT2D eigenvalue weighted by atomic mass is 15.1. The Balaban J connectivity index is 1.18. The van der Waals surface area contributed by atoms with E-state index in [9.17, 15) is 15.8 Å². The highest BCUT2D eigenvalue weighted by molar-refractivity contribution is 6.14. The van der Waals surface area contributed by atoms with E-state index in [0.29, 0.717) is 28.1 Å². The van der Waals surface area contributed by atoms with Crippen LogP contribution in [0.1, 0.15) is 16.7 Å². The molecule has 0 radical (unpaired) electrons. The molecule has 0 bridgehead atoms. The topological polar surface area (TPSA) is 103 Å². The molecule has 12 rings (SSSR count). The molecule has 3 heterocycles. The van der Waals surface area contributed by atoms with Crippen LogP contribution < -0.4 is 0 Å². The molecule has 3 aromatic heterocycles. The number of fused-ring (bicyclic) bond motifs is 6. The molecule has 0 atom stereocenters. The average molecular weight is 915 g/mol. The van der Waals surface area contributed by atoms with Crippen molar-refractivity contribution in [2.75, 3.05) is 0 Å². The van der Waals surface area contributed by atoms with Crippen LogP contribution in [0.15, 0.2) is 207 Å². The molecule has 12 aromatic rings. The molecule has 330 valence electrons. The summed E-state index contributed by atoms with van der Waals surface area (Å²) in [5.41, 5.74) is 17.8. The number of nitriles is 3. The van der Waals surface area contributed by atoms with Crippen LogP contribution in [0.3, 0.4) is 0 Å². The molecule has 0 aliphatic rings. The first-order valence-corrected chi connectivity index (χ1v) is 23.1. The number of rotatable bonds is 7. The highest BCUT2D eigenvalue weighted by Gasteiger charge is 2.24. The van der Waals surface area contributed by atoms with Crippen molar-refractivity contribution in [2.45, 2.75) is 0 Å². The SMILES string of the molecule is [C-]#[N+]c1ccc(-c2ccc3c(c2)c2cc(-c4ccc(C#N)cc4)ccc2n3-c2cc([N+]#[C-])c(-c3ccncc3)cc2-n2c3ccc(-c4ccc(C#N)cc4)cc3c3cc(-c4ccc(C#N)cc4)ccc32)cc1. The summed E-state index contributed by atoms with van der Waals surface area (Å²) >= 11 is 0. The van der Waals surface area contributed by atoms with Gasteiger partial charge in [0.1, 0.15) is 0 Å². The third-order valence-electron chi connectivity index (χ3n) is 13.6. The molecule has 72 heavy (non-hydrogen) atoms. The van der Waals surface area contributed by atoms with Gasteiger partial charge < -0.3 is 9.13 Å². The van der Waals surface area contributed by atoms with Crippen LogP contribution in [0.5, 0.6) is 0 Å². The van der Waals surface area contributed by atoms with Crippen molar-refractivity contribution in [1.29, 1.82) is 15.8 Å². The molecule has 0 saturated heterocycles. The van der Waals surface area contributed by atoms with E-state index in [4.69, 9.17) is 13.1 Å². The van der Waals surface area contributed by atoms with Crippen molar-refractivity contribution < 1.29 is 0 Å². The Kier molecular flexibility index (Phi) is 10.3. The van der Waals surface area contributed by atoms with Crippen LogP contribution in [0.4, 0.5) is 11.4 Å². The zero-order chi connectivity index (χ0) is 48.9. The molecule has 0 saturated carbocycles. The van der Waals surface area contributed by atoms with Crippen molar-refractivity contribution in [3.05, 3.63) is 246 Å². The third kappa shape index (κ3) is 7.17. The minimum absolute atomic E-state index is 0.479. The van der Waals surface area contributed by atoms with Gasteiger partial charge in [-0.1, -0.05) is 84.9 Å². The van der Waals surface area contributed by atoms with Gasteiger partial charge in [-0.15, -0.1) is 0 Å². The van der Waals surface area contributed by atoms with Gasteiger partial charge in [0, 0.05) is 33.9 Å². The first-order chi connectivity index (χ1) is 35.4. The van der Waals surface area contributed by atoms with E-state index < -0.39 is 0 Å². The predicted octanol–water partition coefficient (Wildman–Crippen LogP) is 16.3. The van der Waals surface area contributed by atoms with Gasteiger partial charge in [-0.25, -0.2) is 9.69 Å². The van der Waals surface area contributed by atoms with Crippen LogP contribution in [-0.4, -0.2) is 14.1 Å². The molecule has 9 aromatic carbocycles. The summed E-state index contributed by atoms with van der Waals surface area (Å²) in [5.74, 6) is 0. The summed E-state index contributed by atoms with van der Waals surface area (Å²) in [4.78, 5) is 12.1. The van der Waals surface area contributed by atoms with Crippen LogP contribution >= 0.6 is 0 Å². The third-order valence-corrected chi connectivity index (χ3v) is 13.6. The Morgan fingerprint density at radius 3 is 1.01 bits per heavy atom. The fraction of sp³-hybridized carbons (Fsp3) is 0. The summed E-state index contributed by atoms with van der Waals surface area (Å²) in [6.07, 6.45) is 3.50. The van der Waals surface area contributed by atoms with Crippen LogP contribution in [0.25, 0.3) is 120 Å². The lowest BCUT2D eigenvalue weighted by atomic mass is 9.99. The molecule has 0 aliphatic heterocycles. The van der Waals surface area contributed by atoms with E-state index in [-0.39, 0.29) is 0 Å². The minimum Gasteiger partial charge on any atom is -0.308 e. The maximum absolute atomic E-state index is 9.60. The lowest BCUT2D eigenvalue weighted by Crippen LogP contribution is -2.04. The largest absolute Gasteiger partial charge is 0.308 e. The maximum Gasteiger partial charge on any atom is 0.197 e. The zero-order valence-corrected chi connectivity index (χ0v) is 38.2. The Labute approximate surface area is 414 Å². The second-order valence-corrected chi connectivity index (χ2v) is 17.5. The lowest BCUT2D eigenvalue weighted by Gasteiger charge is -2.20. The second kappa shape index (κ2) is 17.4. The molecule has 0 fully saturated rings. The van der Waals surface area contributed by atoms with Crippen molar-refractivity contribution >= 4 is 55.0 Å². The van der Waals surface area contributed by atoms with Crippen molar-refractivity contribution in [3.63, 3.8) is 0 Å². The van der Waals surface area contributed by atoms with Crippen molar-refractivity contribution in [1.82, 2.24) is 14.1 Å². The summed E-state index contributed by atoms with van der Waals surface area (Å²) in [7, 11) is 0. The van der Waals surface area contributed by atoms with E-state index in [1.54, 1.807) is 12.4 Å². The van der Waals surface area contributed by atoms with E-state index in [1.807, 2.05) is 115 Å². The normalized spacial score (nSPS) is 11.0. The van der Waals surface area contributed by atoms with Gasteiger partial charge in [-0.2, -0.15) is 15.8 Å². The van der Waals surface area contributed by atoms with Gasteiger partial charge in [0.15, 0.2) is 11.4 Å². The van der Waals surface area contributed by atoms with Crippen molar-refractivity contribution in [3.8, 4) is 85.2 Å². The lowest BCUT2D eigenvalue weighted by molar-refractivity contribution is 1.10. The fourth-order valence-corrected chi connectivity index (χ4v) is 10.0. The van der Waals surface area contributed by atoms with E-state index in [0.717, 1.165) is 111 Å².